The SMILES string of the molecule is CCCNC(=O)CCNc1cc(C)ccc1C(=O)O. The minimum atomic E-state index is -0.974. The van der Waals surface area contributed by atoms with Gasteiger partial charge in [-0.1, -0.05) is 13.0 Å². The molecule has 0 unspecified atom stereocenters. The molecule has 0 atom stereocenters. The first kappa shape index (κ1) is 15.0. The molecule has 3 N–H and O–H groups in total. The van der Waals surface area contributed by atoms with E-state index in [-0.39, 0.29) is 11.5 Å². The number of carbonyl (C=O) groups is 2. The van der Waals surface area contributed by atoms with Crippen LogP contribution in [0.4, 0.5) is 5.69 Å². The van der Waals surface area contributed by atoms with Crippen molar-refractivity contribution >= 4 is 17.6 Å². The molecule has 5 heteroatoms. The second kappa shape index (κ2) is 7.41. The van der Waals surface area contributed by atoms with Crippen LogP contribution in [0, 0.1) is 6.92 Å². The second-order valence-electron chi connectivity index (χ2n) is 4.38. The lowest BCUT2D eigenvalue weighted by atomic mass is 10.1. The van der Waals surface area contributed by atoms with Gasteiger partial charge in [0.05, 0.1) is 5.56 Å². The fourth-order valence-corrected chi connectivity index (χ4v) is 1.65. The van der Waals surface area contributed by atoms with Crippen LogP contribution in [0.5, 0.6) is 0 Å². The summed E-state index contributed by atoms with van der Waals surface area (Å²) in [4.78, 5) is 22.5. The lowest BCUT2D eigenvalue weighted by Gasteiger charge is -2.10. The van der Waals surface area contributed by atoms with E-state index < -0.39 is 5.97 Å². The molecule has 0 aromatic heterocycles. The van der Waals surface area contributed by atoms with Gasteiger partial charge in [-0.3, -0.25) is 4.79 Å². The van der Waals surface area contributed by atoms with Gasteiger partial charge in [0.15, 0.2) is 0 Å². The van der Waals surface area contributed by atoms with Crippen molar-refractivity contribution in [1.82, 2.24) is 5.32 Å². The van der Waals surface area contributed by atoms with Crippen molar-refractivity contribution in [2.24, 2.45) is 0 Å². The van der Waals surface area contributed by atoms with E-state index in [4.69, 9.17) is 5.11 Å². The number of hydrogen-bond acceptors (Lipinski definition) is 3. The largest absolute Gasteiger partial charge is 0.478 e. The van der Waals surface area contributed by atoms with Gasteiger partial charge in [0.2, 0.25) is 5.91 Å². The minimum absolute atomic E-state index is 0.0288. The zero-order chi connectivity index (χ0) is 14.3. The molecule has 0 saturated carbocycles. The Morgan fingerprint density at radius 2 is 2.00 bits per heavy atom. The third-order valence-corrected chi connectivity index (χ3v) is 2.65. The molecule has 19 heavy (non-hydrogen) atoms. The zero-order valence-electron chi connectivity index (χ0n) is 11.3. The summed E-state index contributed by atoms with van der Waals surface area (Å²) in [6, 6.07) is 5.09. The topological polar surface area (TPSA) is 78.4 Å². The predicted octanol–water partition coefficient (Wildman–Crippen LogP) is 2.02. The monoisotopic (exact) mass is 264 g/mol. The highest BCUT2D eigenvalue weighted by Crippen LogP contribution is 2.17. The molecule has 0 spiro atoms. The van der Waals surface area contributed by atoms with Crippen LogP contribution in [0.1, 0.15) is 35.7 Å². The molecule has 0 fully saturated rings. The van der Waals surface area contributed by atoms with Crippen LogP contribution in [0.25, 0.3) is 0 Å². The molecular weight excluding hydrogens is 244 g/mol. The Balaban J connectivity index is 2.55. The van der Waals surface area contributed by atoms with Gasteiger partial charge in [-0.2, -0.15) is 0 Å². The fraction of sp³-hybridized carbons (Fsp3) is 0.429. The van der Waals surface area contributed by atoms with Crippen LogP contribution in [-0.2, 0) is 4.79 Å². The van der Waals surface area contributed by atoms with Crippen molar-refractivity contribution in [3.05, 3.63) is 29.3 Å². The quantitative estimate of drug-likeness (QED) is 0.704. The molecule has 0 aliphatic heterocycles. The highest BCUT2D eigenvalue weighted by Gasteiger charge is 2.10. The third kappa shape index (κ3) is 4.99. The average molecular weight is 264 g/mol. The molecule has 104 valence electrons. The maximum atomic E-state index is 11.4. The normalized spacial score (nSPS) is 10.0. The molecule has 0 heterocycles. The van der Waals surface area contributed by atoms with E-state index in [1.807, 2.05) is 13.8 Å². The van der Waals surface area contributed by atoms with Crippen LogP contribution in [-0.4, -0.2) is 30.1 Å². The second-order valence-corrected chi connectivity index (χ2v) is 4.38. The number of nitrogens with one attached hydrogen (secondary N) is 2. The molecular formula is C14H20N2O3. The van der Waals surface area contributed by atoms with Crippen molar-refractivity contribution in [1.29, 1.82) is 0 Å². The average Bonchev–Trinajstić information content (AvgIpc) is 2.36. The Morgan fingerprint density at radius 3 is 2.63 bits per heavy atom. The molecule has 1 rings (SSSR count). The first-order valence-corrected chi connectivity index (χ1v) is 6.39. The standard InChI is InChI=1S/C14H20N2O3/c1-3-7-16-13(17)6-8-15-12-9-10(2)4-5-11(12)14(18)19/h4-5,9,15H,3,6-8H2,1-2H3,(H,16,17)(H,18,19). The predicted molar refractivity (Wildman–Crippen MR) is 74.5 cm³/mol. The van der Waals surface area contributed by atoms with E-state index in [1.54, 1.807) is 18.2 Å². The van der Waals surface area contributed by atoms with E-state index in [0.717, 1.165) is 12.0 Å². The summed E-state index contributed by atoms with van der Waals surface area (Å²) in [5, 5.41) is 14.8. The Labute approximate surface area is 113 Å². The van der Waals surface area contributed by atoms with E-state index in [9.17, 15) is 9.59 Å². The van der Waals surface area contributed by atoms with Crippen molar-refractivity contribution in [2.75, 3.05) is 18.4 Å². The lowest BCUT2D eigenvalue weighted by molar-refractivity contribution is -0.120. The van der Waals surface area contributed by atoms with Crippen molar-refractivity contribution < 1.29 is 14.7 Å². The highest BCUT2D eigenvalue weighted by molar-refractivity contribution is 5.94. The summed E-state index contributed by atoms with van der Waals surface area (Å²) < 4.78 is 0. The van der Waals surface area contributed by atoms with Crippen LogP contribution in [0.2, 0.25) is 0 Å². The molecule has 0 aliphatic carbocycles. The van der Waals surface area contributed by atoms with Gasteiger partial charge in [-0.05, 0) is 31.0 Å². The van der Waals surface area contributed by atoms with Crippen molar-refractivity contribution in [3.8, 4) is 0 Å². The molecule has 1 amide bonds. The van der Waals surface area contributed by atoms with Crippen molar-refractivity contribution in [3.63, 3.8) is 0 Å². The first-order valence-electron chi connectivity index (χ1n) is 6.39. The maximum absolute atomic E-state index is 11.4. The molecule has 1 aromatic carbocycles. The van der Waals surface area contributed by atoms with Gasteiger partial charge >= 0.3 is 5.97 Å². The number of carboxylic acids is 1. The van der Waals surface area contributed by atoms with E-state index >= 15 is 0 Å². The Hall–Kier alpha value is -2.04. The summed E-state index contributed by atoms with van der Waals surface area (Å²) in [7, 11) is 0. The number of rotatable bonds is 7. The molecule has 0 radical (unpaired) electrons. The molecule has 0 bridgehead atoms. The number of anilines is 1. The van der Waals surface area contributed by atoms with Gasteiger partial charge in [0.25, 0.3) is 0 Å². The third-order valence-electron chi connectivity index (χ3n) is 2.65. The van der Waals surface area contributed by atoms with Gasteiger partial charge < -0.3 is 15.7 Å². The van der Waals surface area contributed by atoms with Gasteiger partial charge in [0, 0.05) is 25.2 Å². The Kier molecular flexibility index (Phi) is 5.85. The number of aryl methyl sites for hydroxylation is 1. The number of carbonyl (C=O) groups excluding carboxylic acids is 1. The first-order chi connectivity index (χ1) is 9.04. The van der Waals surface area contributed by atoms with Gasteiger partial charge in [-0.25, -0.2) is 4.79 Å². The van der Waals surface area contributed by atoms with Gasteiger partial charge in [-0.15, -0.1) is 0 Å². The van der Waals surface area contributed by atoms with E-state index in [1.165, 1.54) is 0 Å². The van der Waals surface area contributed by atoms with Gasteiger partial charge in [0.1, 0.15) is 0 Å². The minimum Gasteiger partial charge on any atom is -0.478 e. The number of hydrogen-bond donors (Lipinski definition) is 3. The van der Waals surface area contributed by atoms with Crippen LogP contribution in [0.15, 0.2) is 18.2 Å². The van der Waals surface area contributed by atoms with Crippen LogP contribution >= 0.6 is 0 Å². The van der Waals surface area contributed by atoms with Crippen LogP contribution in [0.3, 0.4) is 0 Å². The summed E-state index contributed by atoms with van der Waals surface area (Å²) in [5.41, 5.74) is 1.75. The summed E-state index contributed by atoms with van der Waals surface area (Å²) >= 11 is 0. The zero-order valence-corrected chi connectivity index (χ0v) is 11.3. The number of amides is 1. The fourth-order valence-electron chi connectivity index (χ4n) is 1.65. The van der Waals surface area contributed by atoms with E-state index in [2.05, 4.69) is 10.6 Å². The van der Waals surface area contributed by atoms with Crippen LogP contribution < -0.4 is 10.6 Å². The molecule has 1 aromatic rings. The summed E-state index contributed by atoms with van der Waals surface area (Å²) in [5.74, 6) is -1.00. The molecule has 0 saturated heterocycles. The highest BCUT2D eigenvalue weighted by atomic mass is 16.4. The van der Waals surface area contributed by atoms with Crippen molar-refractivity contribution in [2.45, 2.75) is 26.7 Å². The molecule has 0 aliphatic rings. The molecule has 5 nitrogen and oxygen atoms in total. The number of aromatic carboxylic acids is 1. The number of carboxylic acid groups (broad SMARTS) is 1. The summed E-state index contributed by atoms with van der Waals surface area (Å²) in [6.07, 6.45) is 1.23. The lowest BCUT2D eigenvalue weighted by Crippen LogP contribution is -2.26. The Morgan fingerprint density at radius 1 is 1.26 bits per heavy atom. The number of benzene rings is 1. The smallest absolute Gasteiger partial charge is 0.337 e. The Bertz CT molecular complexity index is 458. The van der Waals surface area contributed by atoms with E-state index in [0.29, 0.717) is 25.2 Å². The summed E-state index contributed by atoms with van der Waals surface area (Å²) in [6.45, 7) is 4.97. The maximum Gasteiger partial charge on any atom is 0.337 e.